The summed E-state index contributed by atoms with van der Waals surface area (Å²) in [7, 11) is 0. The molecule has 162 valence electrons. The van der Waals surface area contributed by atoms with Crippen LogP contribution in [0.5, 0.6) is 0 Å². The number of allylic oxidation sites excluding steroid dienone is 2. The topological polar surface area (TPSA) is 43.4 Å². The normalized spacial score (nSPS) is 21.3. The van der Waals surface area contributed by atoms with Gasteiger partial charge in [0.1, 0.15) is 5.76 Å². The van der Waals surface area contributed by atoms with Crippen LogP contribution in [0.2, 0.25) is 0 Å². The van der Waals surface area contributed by atoms with Crippen LogP contribution in [-0.4, -0.2) is 11.8 Å². The second-order valence-corrected chi connectivity index (χ2v) is 10.1. The van der Waals surface area contributed by atoms with Crippen molar-refractivity contribution in [1.29, 1.82) is 0 Å². The third-order valence-electron chi connectivity index (χ3n) is 6.67. The van der Waals surface area contributed by atoms with Crippen molar-refractivity contribution in [3.8, 4) is 11.1 Å². The van der Waals surface area contributed by atoms with Crippen LogP contribution in [0.15, 0.2) is 48.2 Å². The van der Waals surface area contributed by atoms with Crippen molar-refractivity contribution in [2.24, 2.45) is 17.3 Å². The van der Waals surface area contributed by atoms with Crippen molar-refractivity contribution in [1.82, 2.24) is 0 Å². The molecule has 2 aromatic carbocycles. The van der Waals surface area contributed by atoms with Crippen molar-refractivity contribution >= 4 is 17.3 Å². The summed E-state index contributed by atoms with van der Waals surface area (Å²) in [6, 6.07) is 14.6. The molecule has 2 aromatic rings. The number of rotatable bonds is 3. The van der Waals surface area contributed by atoms with Gasteiger partial charge in [0.15, 0.2) is 5.78 Å². The van der Waals surface area contributed by atoms with Gasteiger partial charge in [-0.3, -0.25) is 9.59 Å². The smallest absolute Gasteiger partial charge is 0.316 e. The number of fused-ring (bicyclic) bond motifs is 3. The molecule has 0 aliphatic heterocycles. The fraction of sp³-hybridized carbons (Fsp3) is 0.429. The molecule has 0 heterocycles. The first kappa shape index (κ1) is 21.5. The first-order chi connectivity index (χ1) is 14.7. The van der Waals surface area contributed by atoms with Crippen molar-refractivity contribution < 1.29 is 14.3 Å². The zero-order valence-corrected chi connectivity index (χ0v) is 19.2. The highest BCUT2D eigenvalue weighted by Gasteiger charge is 2.41. The van der Waals surface area contributed by atoms with Gasteiger partial charge in [0.25, 0.3) is 0 Å². The SMILES string of the molecule is Cc1cc(-c2ccccc2)cc(C)c1C1=C(OC(=O)C(C)(C)C)C2CCC(CC2)C1=O. The lowest BCUT2D eigenvalue weighted by Gasteiger charge is -2.26. The van der Waals surface area contributed by atoms with E-state index in [1.165, 1.54) is 0 Å². The van der Waals surface area contributed by atoms with Gasteiger partial charge in [-0.25, -0.2) is 0 Å². The van der Waals surface area contributed by atoms with E-state index < -0.39 is 5.41 Å². The molecule has 0 atom stereocenters. The van der Waals surface area contributed by atoms with E-state index in [2.05, 4.69) is 38.1 Å². The number of esters is 1. The molecular weight excluding hydrogens is 384 g/mol. The summed E-state index contributed by atoms with van der Waals surface area (Å²) >= 11 is 0. The van der Waals surface area contributed by atoms with Crippen LogP contribution in [-0.2, 0) is 14.3 Å². The fourth-order valence-corrected chi connectivity index (χ4v) is 4.94. The van der Waals surface area contributed by atoms with E-state index in [0.29, 0.717) is 11.3 Å². The molecule has 2 bridgehead atoms. The Balaban J connectivity index is 1.88. The highest BCUT2D eigenvalue weighted by Crippen LogP contribution is 2.46. The lowest BCUT2D eigenvalue weighted by molar-refractivity contribution is -0.149. The summed E-state index contributed by atoms with van der Waals surface area (Å²) in [5.41, 5.74) is 5.36. The minimum Gasteiger partial charge on any atom is -0.430 e. The summed E-state index contributed by atoms with van der Waals surface area (Å²) in [5, 5.41) is 0. The number of hydrogen-bond acceptors (Lipinski definition) is 3. The minimum atomic E-state index is -0.618. The number of aryl methyl sites for hydroxylation is 2. The molecule has 1 fully saturated rings. The number of carbonyl (C=O) groups excluding carboxylic acids is 2. The molecule has 3 aliphatic carbocycles. The Kier molecular flexibility index (Phi) is 5.63. The Bertz CT molecular complexity index is 1020. The molecule has 0 saturated heterocycles. The van der Waals surface area contributed by atoms with Crippen LogP contribution < -0.4 is 0 Å². The summed E-state index contributed by atoms with van der Waals surface area (Å²) in [5.74, 6) is 0.662. The number of benzene rings is 2. The Morgan fingerprint density at radius 1 is 0.871 bits per heavy atom. The van der Waals surface area contributed by atoms with Crippen LogP contribution in [0.4, 0.5) is 0 Å². The molecule has 0 radical (unpaired) electrons. The van der Waals surface area contributed by atoms with Gasteiger partial charge in [-0.15, -0.1) is 0 Å². The molecule has 1 saturated carbocycles. The van der Waals surface area contributed by atoms with Gasteiger partial charge in [0, 0.05) is 11.8 Å². The average molecular weight is 417 g/mol. The highest BCUT2D eigenvalue weighted by molar-refractivity contribution is 6.24. The predicted molar refractivity (Wildman–Crippen MR) is 124 cm³/mol. The van der Waals surface area contributed by atoms with Gasteiger partial charge in [0.2, 0.25) is 0 Å². The number of carbonyl (C=O) groups is 2. The predicted octanol–water partition coefficient (Wildman–Crippen LogP) is 6.66. The van der Waals surface area contributed by atoms with E-state index in [0.717, 1.165) is 53.5 Å². The van der Waals surface area contributed by atoms with Gasteiger partial charge in [-0.1, -0.05) is 42.5 Å². The monoisotopic (exact) mass is 416 g/mol. The van der Waals surface area contributed by atoms with Crippen molar-refractivity contribution in [3.05, 3.63) is 64.9 Å². The van der Waals surface area contributed by atoms with Crippen LogP contribution in [0.3, 0.4) is 0 Å². The number of ether oxygens (including phenoxy) is 1. The maximum Gasteiger partial charge on any atom is 0.316 e. The molecule has 31 heavy (non-hydrogen) atoms. The minimum absolute atomic E-state index is 0.0321. The quantitative estimate of drug-likeness (QED) is 0.526. The molecule has 3 nitrogen and oxygen atoms in total. The van der Waals surface area contributed by atoms with Crippen molar-refractivity contribution in [2.75, 3.05) is 0 Å². The summed E-state index contributed by atoms with van der Waals surface area (Å²) in [6.45, 7) is 9.69. The molecule has 3 aliphatic rings. The van der Waals surface area contributed by atoms with Crippen LogP contribution >= 0.6 is 0 Å². The van der Waals surface area contributed by atoms with E-state index in [-0.39, 0.29) is 23.6 Å². The van der Waals surface area contributed by atoms with Gasteiger partial charge in [-0.2, -0.15) is 0 Å². The zero-order valence-electron chi connectivity index (χ0n) is 19.2. The molecule has 3 heteroatoms. The number of ketones is 1. The highest BCUT2D eigenvalue weighted by atomic mass is 16.5. The zero-order chi connectivity index (χ0) is 22.3. The van der Waals surface area contributed by atoms with E-state index in [4.69, 9.17) is 4.74 Å². The van der Waals surface area contributed by atoms with Crippen LogP contribution in [0, 0.1) is 31.1 Å². The fourth-order valence-electron chi connectivity index (χ4n) is 4.94. The van der Waals surface area contributed by atoms with Gasteiger partial charge in [-0.05, 0) is 88.1 Å². The number of hydrogen-bond donors (Lipinski definition) is 0. The van der Waals surface area contributed by atoms with Gasteiger partial charge >= 0.3 is 5.97 Å². The molecule has 5 rings (SSSR count). The van der Waals surface area contributed by atoms with Crippen LogP contribution in [0.25, 0.3) is 16.7 Å². The first-order valence-electron chi connectivity index (χ1n) is 11.3. The molecule has 0 spiro atoms. The van der Waals surface area contributed by atoms with Gasteiger partial charge < -0.3 is 4.74 Å². The molecule has 0 amide bonds. The lowest BCUT2D eigenvalue weighted by Crippen LogP contribution is -2.25. The lowest BCUT2D eigenvalue weighted by atomic mass is 9.82. The molecular formula is C28H32O3. The van der Waals surface area contributed by atoms with E-state index in [9.17, 15) is 9.59 Å². The van der Waals surface area contributed by atoms with E-state index >= 15 is 0 Å². The third-order valence-corrected chi connectivity index (χ3v) is 6.67. The van der Waals surface area contributed by atoms with Gasteiger partial charge in [0.05, 0.1) is 11.0 Å². The Morgan fingerprint density at radius 3 is 1.97 bits per heavy atom. The maximum absolute atomic E-state index is 13.7. The van der Waals surface area contributed by atoms with E-state index in [1.54, 1.807) is 0 Å². The molecule has 0 aromatic heterocycles. The van der Waals surface area contributed by atoms with Crippen LogP contribution in [0.1, 0.15) is 63.1 Å². The first-order valence-corrected chi connectivity index (χ1v) is 11.3. The number of Topliss-reactive ketones (excluding diaryl/α,β-unsaturated/α-hetero) is 1. The summed E-state index contributed by atoms with van der Waals surface area (Å²) in [6.07, 6.45) is 3.58. The largest absolute Gasteiger partial charge is 0.430 e. The molecule has 0 unspecified atom stereocenters. The third kappa shape index (κ3) is 4.11. The second-order valence-electron chi connectivity index (χ2n) is 10.1. The second kappa shape index (κ2) is 8.11. The Labute approximate surface area is 185 Å². The summed E-state index contributed by atoms with van der Waals surface area (Å²) < 4.78 is 6.05. The van der Waals surface area contributed by atoms with E-state index in [1.807, 2.05) is 39.0 Å². The Morgan fingerprint density at radius 2 is 1.42 bits per heavy atom. The summed E-state index contributed by atoms with van der Waals surface area (Å²) in [4.78, 5) is 26.5. The van der Waals surface area contributed by atoms with Crippen molar-refractivity contribution in [2.45, 2.75) is 60.3 Å². The maximum atomic E-state index is 13.7. The standard InChI is InChI=1S/C28H32O3/c1-17-15-22(19-9-7-6-8-10-19)16-18(2)23(17)24-25(29)20-11-13-21(14-12-20)26(24)31-27(30)28(3,4)5/h6-10,15-16,20-21H,11-14H2,1-5H3. The average Bonchev–Trinajstić information content (AvgIpc) is 2.93. The Hall–Kier alpha value is -2.68. The molecule has 0 N–H and O–H groups in total. The van der Waals surface area contributed by atoms with Crippen molar-refractivity contribution in [3.63, 3.8) is 0 Å².